The van der Waals surface area contributed by atoms with Gasteiger partial charge >= 0.3 is 0 Å². The lowest BCUT2D eigenvalue weighted by atomic mass is 9.99. The number of hydrogen-bond acceptors (Lipinski definition) is 3. The third-order valence-corrected chi connectivity index (χ3v) is 3.12. The van der Waals surface area contributed by atoms with Gasteiger partial charge in [0, 0.05) is 0 Å². The normalized spacial score (nSPS) is 15.0. The van der Waals surface area contributed by atoms with E-state index in [4.69, 9.17) is 4.42 Å². The first-order valence-corrected chi connectivity index (χ1v) is 6.21. The Labute approximate surface area is 101 Å². The molecule has 2 aromatic rings. The Morgan fingerprint density at radius 3 is 2.82 bits per heavy atom. The van der Waals surface area contributed by atoms with Gasteiger partial charge in [-0.05, 0) is 24.5 Å². The zero-order valence-corrected chi connectivity index (χ0v) is 10.4. The second-order valence-electron chi connectivity index (χ2n) is 4.68. The molecule has 0 saturated heterocycles. The lowest BCUT2D eigenvalue weighted by molar-refractivity contribution is 0.137. The molecule has 3 heteroatoms. The second-order valence-corrected chi connectivity index (χ2v) is 4.68. The molecule has 0 aliphatic heterocycles. The molecule has 2 unspecified atom stereocenters. The lowest BCUT2D eigenvalue weighted by Crippen LogP contribution is -2.14. The van der Waals surface area contributed by atoms with Crippen LogP contribution in [0.5, 0.6) is 0 Å². The summed E-state index contributed by atoms with van der Waals surface area (Å²) in [6.07, 6.45) is 2.02. The summed E-state index contributed by atoms with van der Waals surface area (Å²) in [7, 11) is 0. The van der Waals surface area contributed by atoms with Gasteiger partial charge < -0.3 is 9.52 Å². The molecule has 0 bridgehead atoms. The first-order valence-electron chi connectivity index (χ1n) is 6.21. The maximum Gasteiger partial charge on any atom is 0.198 e. The quantitative estimate of drug-likeness (QED) is 0.862. The van der Waals surface area contributed by atoms with Gasteiger partial charge in [0.05, 0.1) is 12.5 Å². The monoisotopic (exact) mass is 233 g/mol. The predicted octanol–water partition coefficient (Wildman–Crippen LogP) is 3.17. The zero-order chi connectivity index (χ0) is 12.3. The van der Waals surface area contributed by atoms with Gasteiger partial charge in [0.2, 0.25) is 0 Å². The Morgan fingerprint density at radius 1 is 1.35 bits per heavy atom. The van der Waals surface area contributed by atoms with Crippen LogP contribution in [0.25, 0.3) is 11.1 Å². The maximum absolute atomic E-state index is 9.93. The van der Waals surface area contributed by atoms with Gasteiger partial charge in [-0.1, -0.05) is 32.4 Å². The fourth-order valence-electron chi connectivity index (χ4n) is 1.92. The van der Waals surface area contributed by atoms with E-state index in [9.17, 15) is 5.11 Å². The van der Waals surface area contributed by atoms with Crippen LogP contribution in [-0.4, -0.2) is 16.2 Å². The van der Waals surface area contributed by atoms with Crippen molar-refractivity contribution in [1.82, 2.24) is 4.98 Å². The van der Waals surface area contributed by atoms with Crippen molar-refractivity contribution in [2.45, 2.75) is 39.2 Å². The Hall–Kier alpha value is -1.35. The number of benzene rings is 1. The molecule has 2 rings (SSSR count). The van der Waals surface area contributed by atoms with Gasteiger partial charge in [-0.2, -0.15) is 0 Å². The van der Waals surface area contributed by atoms with E-state index < -0.39 is 0 Å². The molecule has 0 aliphatic carbocycles. The minimum atomic E-state index is -0.363. The maximum atomic E-state index is 9.93. The van der Waals surface area contributed by atoms with Crippen LogP contribution in [0.15, 0.2) is 28.7 Å². The number of aliphatic hydroxyl groups is 1. The first kappa shape index (κ1) is 12.1. The number of rotatable bonds is 5. The molecule has 92 valence electrons. The van der Waals surface area contributed by atoms with Gasteiger partial charge in [-0.25, -0.2) is 4.98 Å². The minimum absolute atomic E-state index is 0.363. The van der Waals surface area contributed by atoms with Crippen LogP contribution in [0.3, 0.4) is 0 Å². The van der Waals surface area contributed by atoms with Gasteiger partial charge in [0.1, 0.15) is 5.52 Å². The highest BCUT2D eigenvalue weighted by Gasteiger charge is 2.13. The lowest BCUT2D eigenvalue weighted by Gasteiger charge is -2.12. The average molecular weight is 233 g/mol. The van der Waals surface area contributed by atoms with Gasteiger partial charge in [0.15, 0.2) is 11.5 Å². The third-order valence-electron chi connectivity index (χ3n) is 3.12. The van der Waals surface area contributed by atoms with Crippen molar-refractivity contribution in [3.63, 3.8) is 0 Å². The van der Waals surface area contributed by atoms with E-state index in [1.807, 2.05) is 24.3 Å². The molecular formula is C14H19NO2. The molecule has 0 aliphatic rings. The summed E-state index contributed by atoms with van der Waals surface area (Å²) in [5.74, 6) is 1.16. The number of aromatic nitrogens is 1. The molecule has 17 heavy (non-hydrogen) atoms. The number of oxazole rings is 1. The Bertz CT molecular complexity index is 445. The van der Waals surface area contributed by atoms with Crippen molar-refractivity contribution in [2.24, 2.45) is 5.92 Å². The molecule has 3 nitrogen and oxygen atoms in total. The van der Waals surface area contributed by atoms with Crippen LogP contribution in [0.1, 0.15) is 32.6 Å². The van der Waals surface area contributed by atoms with Crippen molar-refractivity contribution in [1.29, 1.82) is 0 Å². The number of aliphatic hydroxyl groups excluding tert-OH is 1. The van der Waals surface area contributed by atoms with Crippen molar-refractivity contribution in [3.05, 3.63) is 30.2 Å². The molecule has 2 atom stereocenters. The van der Waals surface area contributed by atoms with Crippen molar-refractivity contribution in [3.8, 4) is 0 Å². The van der Waals surface area contributed by atoms with Crippen LogP contribution in [0, 0.1) is 5.92 Å². The average Bonchev–Trinajstić information content (AvgIpc) is 2.70. The van der Waals surface area contributed by atoms with E-state index >= 15 is 0 Å². The topological polar surface area (TPSA) is 46.3 Å². The van der Waals surface area contributed by atoms with E-state index in [0.29, 0.717) is 18.2 Å². The highest BCUT2D eigenvalue weighted by molar-refractivity contribution is 5.72. The minimum Gasteiger partial charge on any atom is -0.441 e. The fraction of sp³-hybridized carbons (Fsp3) is 0.500. The fourth-order valence-corrected chi connectivity index (χ4v) is 1.92. The van der Waals surface area contributed by atoms with Gasteiger partial charge in [0.25, 0.3) is 0 Å². The molecule has 1 aromatic heterocycles. The first-order chi connectivity index (χ1) is 8.19. The van der Waals surface area contributed by atoms with Crippen molar-refractivity contribution in [2.75, 3.05) is 0 Å². The van der Waals surface area contributed by atoms with Crippen LogP contribution >= 0.6 is 0 Å². The van der Waals surface area contributed by atoms with Crippen molar-refractivity contribution < 1.29 is 9.52 Å². The summed E-state index contributed by atoms with van der Waals surface area (Å²) < 4.78 is 5.58. The Balaban J connectivity index is 2.03. The molecule has 1 aromatic carbocycles. The van der Waals surface area contributed by atoms with Crippen LogP contribution in [-0.2, 0) is 6.42 Å². The van der Waals surface area contributed by atoms with E-state index in [1.165, 1.54) is 0 Å². The van der Waals surface area contributed by atoms with Gasteiger partial charge in [-0.15, -0.1) is 0 Å². The van der Waals surface area contributed by atoms with E-state index in [-0.39, 0.29) is 6.10 Å². The third kappa shape index (κ3) is 3.07. The SMILES string of the molecule is CCC(C)CC(O)Cc1nc2ccccc2o1. The van der Waals surface area contributed by atoms with E-state index in [0.717, 1.165) is 23.9 Å². The molecule has 0 spiro atoms. The summed E-state index contributed by atoms with van der Waals surface area (Å²) >= 11 is 0. The van der Waals surface area contributed by atoms with Gasteiger partial charge in [-0.3, -0.25) is 0 Å². The molecule has 0 radical (unpaired) electrons. The summed E-state index contributed by atoms with van der Waals surface area (Å²) in [4.78, 5) is 4.36. The molecule has 0 amide bonds. The summed E-state index contributed by atoms with van der Waals surface area (Å²) in [6, 6.07) is 7.67. The van der Waals surface area contributed by atoms with Crippen molar-refractivity contribution >= 4 is 11.1 Å². The highest BCUT2D eigenvalue weighted by Crippen LogP contribution is 2.18. The zero-order valence-electron chi connectivity index (χ0n) is 10.4. The van der Waals surface area contributed by atoms with Crippen LogP contribution in [0.4, 0.5) is 0 Å². The molecular weight excluding hydrogens is 214 g/mol. The number of hydrogen-bond donors (Lipinski definition) is 1. The predicted molar refractivity (Wildman–Crippen MR) is 67.8 cm³/mol. The Morgan fingerprint density at radius 2 is 2.12 bits per heavy atom. The highest BCUT2D eigenvalue weighted by atomic mass is 16.4. The number of para-hydroxylation sites is 2. The smallest absolute Gasteiger partial charge is 0.198 e. The summed E-state index contributed by atoms with van der Waals surface area (Å²) in [5.41, 5.74) is 1.65. The van der Waals surface area contributed by atoms with E-state index in [1.54, 1.807) is 0 Å². The molecule has 0 fully saturated rings. The van der Waals surface area contributed by atoms with Crippen LogP contribution < -0.4 is 0 Å². The summed E-state index contributed by atoms with van der Waals surface area (Å²) in [5, 5.41) is 9.93. The Kier molecular flexibility index (Phi) is 3.79. The molecule has 1 N–H and O–H groups in total. The number of nitrogens with zero attached hydrogens (tertiary/aromatic N) is 1. The molecule has 1 heterocycles. The number of fused-ring (bicyclic) bond motifs is 1. The summed E-state index contributed by atoms with van der Waals surface area (Å²) in [6.45, 7) is 4.28. The molecule has 0 saturated carbocycles. The largest absolute Gasteiger partial charge is 0.441 e. The standard InChI is InChI=1S/C14H19NO2/c1-3-10(2)8-11(16)9-14-15-12-6-4-5-7-13(12)17-14/h4-7,10-11,16H,3,8-9H2,1-2H3. The second kappa shape index (κ2) is 5.32. The van der Waals surface area contributed by atoms with Crippen LogP contribution in [0.2, 0.25) is 0 Å². The van der Waals surface area contributed by atoms with E-state index in [2.05, 4.69) is 18.8 Å².